The molecule has 70 valence electrons. The summed E-state index contributed by atoms with van der Waals surface area (Å²) in [6, 6.07) is 3.89. The molecule has 0 aliphatic heterocycles. The summed E-state index contributed by atoms with van der Waals surface area (Å²) in [7, 11) is 0. The highest BCUT2D eigenvalue weighted by molar-refractivity contribution is 8.20. The van der Waals surface area contributed by atoms with Gasteiger partial charge in [-0.05, 0) is 35.7 Å². The number of aromatic nitrogens is 1. The van der Waals surface area contributed by atoms with Gasteiger partial charge in [-0.1, -0.05) is 0 Å². The van der Waals surface area contributed by atoms with Crippen LogP contribution in [-0.2, 0) is 0 Å². The van der Waals surface area contributed by atoms with Gasteiger partial charge < -0.3 is 4.98 Å². The second kappa shape index (κ2) is 13.5. The summed E-state index contributed by atoms with van der Waals surface area (Å²) >= 11 is 2.16. The predicted octanol–water partition coefficient (Wildman–Crippen LogP) is 2.54. The molecular weight excluding hydrogens is 209 g/mol. The van der Waals surface area contributed by atoms with Crippen LogP contribution in [0.15, 0.2) is 24.5 Å². The SMILES string of the molecule is F.N#CSCSC#N.c1cc[nH]c1. The lowest BCUT2D eigenvalue weighted by Crippen LogP contribution is -1.56. The average Bonchev–Trinajstić information content (AvgIpc) is 2.62. The number of nitriles is 2. The summed E-state index contributed by atoms with van der Waals surface area (Å²) in [5.41, 5.74) is 0. The van der Waals surface area contributed by atoms with Gasteiger partial charge in [-0.15, -0.1) is 0 Å². The lowest BCUT2D eigenvalue weighted by atomic mass is 10.7. The second-order valence-corrected chi connectivity index (χ2v) is 3.36. The Morgan fingerprint density at radius 1 is 1.08 bits per heavy atom. The summed E-state index contributed by atoms with van der Waals surface area (Å²) in [5, 5.41) is 20.0. The summed E-state index contributed by atoms with van der Waals surface area (Å²) in [4.78, 5) is 2.86. The fourth-order valence-electron chi connectivity index (χ4n) is 0.360. The molecule has 1 N–H and O–H groups in total. The van der Waals surface area contributed by atoms with Gasteiger partial charge in [-0.25, -0.2) is 0 Å². The number of hydrogen-bond acceptors (Lipinski definition) is 4. The molecule has 0 aromatic carbocycles. The van der Waals surface area contributed by atoms with Crippen LogP contribution in [0.5, 0.6) is 0 Å². The number of H-pyrrole nitrogens is 1. The number of rotatable bonds is 2. The summed E-state index contributed by atoms with van der Waals surface area (Å²) in [6.45, 7) is 0. The van der Waals surface area contributed by atoms with Crippen LogP contribution in [0.25, 0.3) is 0 Å². The molecule has 0 bridgehead atoms. The van der Waals surface area contributed by atoms with E-state index in [1.54, 1.807) is 0 Å². The first kappa shape index (κ1) is 14.4. The highest BCUT2D eigenvalue weighted by atomic mass is 32.2. The van der Waals surface area contributed by atoms with Crippen molar-refractivity contribution in [1.29, 1.82) is 10.5 Å². The third-order valence-electron chi connectivity index (χ3n) is 0.743. The van der Waals surface area contributed by atoms with Gasteiger partial charge in [0, 0.05) is 12.4 Å². The number of thiocyanates is 2. The quantitative estimate of drug-likeness (QED) is 0.469. The Labute approximate surface area is 84.5 Å². The van der Waals surface area contributed by atoms with E-state index in [1.807, 2.05) is 35.3 Å². The van der Waals surface area contributed by atoms with Gasteiger partial charge in [0.05, 0.1) is 5.08 Å². The van der Waals surface area contributed by atoms with E-state index in [9.17, 15) is 0 Å². The van der Waals surface area contributed by atoms with Crippen LogP contribution in [0.4, 0.5) is 4.70 Å². The number of nitrogens with zero attached hydrogens (tertiary/aromatic N) is 2. The topological polar surface area (TPSA) is 63.4 Å². The van der Waals surface area contributed by atoms with E-state index in [4.69, 9.17) is 10.5 Å². The number of thioether (sulfide) groups is 2. The van der Waals surface area contributed by atoms with E-state index < -0.39 is 0 Å². The van der Waals surface area contributed by atoms with E-state index in [-0.39, 0.29) is 4.70 Å². The first-order chi connectivity index (χ1) is 5.91. The molecule has 1 aromatic rings. The van der Waals surface area contributed by atoms with E-state index in [1.165, 1.54) is 0 Å². The minimum absolute atomic E-state index is 0. The Hall–Kier alpha value is -1.11. The molecule has 0 atom stereocenters. The molecule has 6 heteroatoms. The van der Waals surface area contributed by atoms with Crippen molar-refractivity contribution in [2.24, 2.45) is 0 Å². The van der Waals surface area contributed by atoms with Crippen molar-refractivity contribution in [3.05, 3.63) is 24.5 Å². The maximum Gasteiger partial charge on any atom is 0.134 e. The molecule has 0 aliphatic rings. The first-order valence-electron chi connectivity index (χ1n) is 3.01. The third-order valence-corrected chi connectivity index (χ3v) is 1.94. The molecule has 0 saturated heterocycles. The molecule has 0 spiro atoms. The van der Waals surface area contributed by atoms with Crippen molar-refractivity contribution in [2.75, 3.05) is 5.08 Å². The standard InChI is InChI=1S/C4H5N.C3H2N2S2.FH/c1-2-4-5-3-1;4-1-6-3-7-2-5;/h1-5H;3H2;1H. The largest absolute Gasteiger partial charge is 0.368 e. The van der Waals surface area contributed by atoms with Gasteiger partial charge in [-0.3, -0.25) is 4.70 Å². The lowest BCUT2D eigenvalue weighted by molar-refractivity contribution is 1.11. The van der Waals surface area contributed by atoms with E-state index in [2.05, 4.69) is 4.98 Å². The van der Waals surface area contributed by atoms with Crippen molar-refractivity contribution in [1.82, 2.24) is 4.98 Å². The monoisotopic (exact) mass is 217 g/mol. The van der Waals surface area contributed by atoms with Gasteiger partial charge in [0.15, 0.2) is 0 Å². The summed E-state index contributed by atoms with van der Waals surface area (Å²) in [6.07, 6.45) is 3.75. The van der Waals surface area contributed by atoms with Crippen LogP contribution in [0.3, 0.4) is 0 Å². The third kappa shape index (κ3) is 13.8. The van der Waals surface area contributed by atoms with Gasteiger partial charge in [-0.2, -0.15) is 10.5 Å². The Kier molecular flexibility index (Phi) is 14.9. The Balaban J connectivity index is 0. The molecule has 3 nitrogen and oxygen atoms in total. The molecular formula is C7H8FN3S2. The second-order valence-electron chi connectivity index (χ2n) is 1.47. The Morgan fingerprint density at radius 2 is 1.54 bits per heavy atom. The van der Waals surface area contributed by atoms with Crippen molar-refractivity contribution < 1.29 is 4.70 Å². The fraction of sp³-hybridized carbons (Fsp3) is 0.143. The van der Waals surface area contributed by atoms with E-state index in [0.29, 0.717) is 5.08 Å². The molecule has 13 heavy (non-hydrogen) atoms. The first-order valence-corrected chi connectivity index (χ1v) is 4.98. The van der Waals surface area contributed by atoms with Crippen molar-refractivity contribution in [2.45, 2.75) is 0 Å². The summed E-state index contributed by atoms with van der Waals surface area (Å²) in [5.74, 6) is 0. The lowest BCUT2D eigenvalue weighted by Gasteiger charge is -1.74. The van der Waals surface area contributed by atoms with Crippen molar-refractivity contribution in [3.63, 3.8) is 0 Å². The Morgan fingerprint density at radius 3 is 1.77 bits per heavy atom. The molecule has 0 fully saturated rings. The highest BCUT2D eigenvalue weighted by Crippen LogP contribution is 2.06. The minimum atomic E-state index is 0. The Bertz CT molecular complexity index is 218. The predicted molar refractivity (Wildman–Crippen MR) is 54.6 cm³/mol. The number of halogens is 1. The van der Waals surface area contributed by atoms with Gasteiger partial charge >= 0.3 is 0 Å². The van der Waals surface area contributed by atoms with Crippen LogP contribution in [-0.4, -0.2) is 10.1 Å². The van der Waals surface area contributed by atoms with Crippen molar-refractivity contribution >= 4 is 23.5 Å². The minimum Gasteiger partial charge on any atom is -0.368 e. The van der Waals surface area contributed by atoms with E-state index in [0.717, 1.165) is 23.5 Å². The van der Waals surface area contributed by atoms with Gasteiger partial charge in [0.2, 0.25) is 0 Å². The van der Waals surface area contributed by atoms with Crippen molar-refractivity contribution in [3.8, 4) is 10.8 Å². The molecule has 1 rings (SSSR count). The normalized spacial score (nSPS) is 6.62. The average molecular weight is 217 g/mol. The molecule has 0 aliphatic carbocycles. The van der Waals surface area contributed by atoms with Crippen LogP contribution < -0.4 is 0 Å². The van der Waals surface area contributed by atoms with Gasteiger partial charge in [0.1, 0.15) is 10.8 Å². The van der Waals surface area contributed by atoms with Crippen LogP contribution in [0, 0.1) is 21.3 Å². The zero-order valence-corrected chi connectivity index (χ0v) is 8.27. The van der Waals surface area contributed by atoms with E-state index >= 15 is 0 Å². The van der Waals surface area contributed by atoms with Gasteiger partial charge in [0.25, 0.3) is 0 Å². The zero-order valence-electron chi connectivity index (χ0n) is 6.64. The van der Waals surface area contributed by atoms with Crippen LogP contribution >= 0.6 is 23.5 Å². The number of hydrogen-bond donors (Lipinski definition) is 1. The molecule has 1 heterocycles. The zero-order chi connectivity index (χ0) is 9.07. The molecule has 0 amide bonds. The summed E-state index contributed by atoms with van der Waals surface area (Å²) < 4.78 is 0. The maximum atomic E-state index is 7.88. The molecule has 0 radical (unpaired) electrons. The van der Waals surface area contributed by atoms with Crippen LogP contribution in [0.2, 0.25) is 0 Å². The number of nitrogens with one attached hydrogen (secondary N) is 1. The maximum absolute atomic E-state index is 7.88. The highest BCUT2D eigenvalue weighted by Gasteiger charge is 1.80. The molecule has 1 aromatic heterocycles. The molecule has 0 unspecified atom stereocenters. The smallest absolute Gasteiger partial charge is 0.134 e. The molecule has 0 saturated carbocycles. The fourth-order valence-corrected chi connectivity index (χ4v) is 1.02. The van der Waals surface area contributed by atoms with Crippen LogP contribution in [0.1, 0.15) is 0 Å². The number of aromatic amines is 1.